The molecule has 0 unspecified atom stereocenters. The van der Waals surface area contributed by atoms with Crippen LogP contribution in [0, 0.1) is 12.7 Å². The van der Waals surface area contributed by atoms with Crippen LogP contribution < -0.4 is 9.47 Å². The Hall–Kier alpha value is -4.91. The van der Waals surface area contributed by atoms with Gasteiger partial charge in [-0.15, -0.1) is 0 Å². The molecule has 0 spiro atoms. The molecule has 0 bridgehead atoms. The monoisotopic (exact) mass is 1700 g/mol. The van der Waals surface area contributed by atoms with Gasteiger partial charge in [-0.1, -0.05) is 54.1 Å². The zero-order valence-corrected chi connectivity index (χ0v) is 65.2. The molecule has 0 aliphatic rings. The fraction of sp³-hybridized carbons (Fsp3) is 0.357. The first-order valence-corrected chi connectivity index (χ1v) is 50.9. The molecule has 0 heterocycles. The highest BCUT2D eigenvalue weighted by molar-refractivity contribution is 7.93. The Morgan fingerprint density at radius 2 is 0.569 bits per heavy atom. The molecule has 0 aliphatic carbocycles. The van der Waals surface area contributed by atoms with E-state index in [-0.39, 0.29) is 127 Å². The van der Waals surface area contributed by atoms with Crippen molar-refractivity contribution in [3.05, 3.63) is 169 Å². The quantitative estimate of drug-likeness (QED) is 0.0114. The second-order valence-corrected chi connectivity index (χ2v) is 45.7. The van der Waals surface area contributed by atoms with E-state index in [2.05, 4.69) is 86.4 Å². The van der Waals surface area contributed by atoms with Gasteiger partial charge in [0.2, 0.25) is 0 Å². The Morgan fingerprint density at radius 3 is 0.833 bits per heavy atom. The molecule has 18 N–H and O–H groups in total. The zero-order valence-electron chi connectivity index (χ0n) is 72.3. The van der Waals surface area contributed by atoms with Crippen molar-refractivity contribution in [2.24, 2.45) is 0 Å². The third kappa shape index (κ3) is 43.5. The van der Waals surface area contributed by atoms with E-state index in [1.54, 1.807) is 48.5 Å². The van der Waals surface area contributed by atoms with E-state index in [1.807, 2.05) is 6.92 Å². The molecule has 0 saturated carbocycles. The largest absolute Gasteiger partial charge is 0.508 e. The van der Waals surface area contributed by atoms with Crippen LogP contribution in [0.2, 0.25) is 30.2 Å². The summed E-state index contributed by atoms with van der Waals surface area (Å²) < 4.78 is 293. The van der Waals surface area contributed by atoms with Crippen molar-refractivity contribution >= 4 is 112 Å². The summed E-state index contributed by atoms with van der Waals surface area (Å²) in [6.07, 6.45) is 0.242. The molecule has 0 amide bonds. The van der Waals surface area contributed by atoms with Gasteiger partial charge in [0, 0.05) is 37.3 Å². The lowest BCUT2D eigenvalue weighted by Crippen LogP contribution is -2.43. The number of rotatable bonds is 50. The molecule has 6 aromatic rings. The Labute approximate surface area is 624 Å². The van der Waals surface area contributed by atoms with Crippen LogP contribution in [0.3, 0.4) is 0 Å². The highest BCUT2D eigenvalue weighted by Crippen LogP contribution is 2.22. The summed E-state index contributed by atoms with van der Waals surface area (Å²) >= 11 is 0. The minimum absolute atomic E-state index is 0.0111. The van der Waals surface area contributed by atoms with E-state index in [4.69, 9.17) is 40.0 Å². The molecule has 6 aromatic carbocycles. The first-order valence-electron chi connectivity index (χ1n) is 36.7. The lowest BCUT2D eigenvalue weighted by atomic mass is 10.2. The first-order chi connectivity index (χ1) is 56.6. The third-order valence-electron chi connectivity index (χ3n) is 12.5. The molecule has 0 saturated heterocycles. The zero-order chi connectivity index (χ0) is 91.0. The van der Waals surface area contributed by atoms with Crippen molar-refractivity contribution in [2.45, 2.75) is 98.6 Å². The maximum Gasteiger partial charge on any atom is 0.508 e. The summed E-state index contributed by atoms with van der Waals surface area (Å²) in [5.41, 5.74) is 0.961. The van der Waals surface area contributed by atoms with Crippen LogP contribution in [0.4, 0.5) is 4.39 Å². The fourth-order valence-electron chi connectivity index (χ4n) is 7.60. The molecule has 33 nitrogen and oxygen atoms in total. The van der Waals surface area contributed by atoms with Gasteiger partial charge in [-0.05, 0) is 148 Å². The summed E-state index contributed by atoms with van der Waals surface area (Å²) in [6.45, 7) is 1.92. The molecule has 0 atom stereocenters. The summed E-state index contributed by atoms with van der Waals surface area (Å²) in [6, 6.07) is 37.4. The standard InChI is InChI=1S/C11H18O7SSi.C10H16O6SSi.C10H16O5SSi.C9H13FO5SSi.C9H14O5SSi.C7H10O5SSi/c1-17-9-18-10-3-5-11(6-4-10)19(12,13)7-2-8-20(14,15)16;1-16-9-3-5-10(6-4-9)17(11,12)7-2-8-18(13,14)15;1-9-3-5-10(6-4-9)16(11,12)7-2-8-17(13,14)15;10-8-2-4-9(5-3-8)16(11,12)6-1-7-17(13,14)15;10-15(11,7-4-8-16(12,13)14)9-5-2-1-3-6-9;8-13(9,6-14(10,11)12)7-4-2-1-3-5-7/h3-6,14-16H,2,7-9H2,1H3;3-6,13-15H,2,7-8H2,1H3;3-6,13-15H,2,7-8H2,1H3;2-5,13-15H,1,6-7H2;1-3,5-6,12-14H,4,7-8H2;1-5,10-12H,6H2/i14T,15T,16T;3*13T,14T,15T;12T,13T,14T;10T,11T,12T. The predicted octanol–water partition coefficient (Wildman–Crippen LogP) is -1.81. The van der Waals surface area contributed by atoms with Crippen LogP contribution >= 0.6 is 0 Å². The van der Waals surface area contributed by atoms with Gasteiger partial charge >= 0.3 is 52.8 Å². The lowest BCUT2D eigenvalue weighted by molar-refractivity contribution is 0.0511. The number of methoxy groups -OCH3 is 2. The van der Waals surface area contributed by atoms with Crippen LogP contribution in [0.25, 0.3) is 0 Å². The van der Waals surface area contributed by atoms with E-state index in [9.17, 15) is 54.9 Å². The molecule has 0 fully saturated rings. The van der Waals surface area contributed by atoms with Crippen LogP contribution in [0.5, 0.6) is 11.5 Å². The Bertz CT molecular complexity index is 4420. The summed E-state index contributed by atoms with van der Waals surface area (Å²) in [7, 11) is -41.2. The Morgan fingerprint density at radius 1 is 0.324 bits per heavy atom. The van der Waals surface area contributed by atoms with Gasteiger partial charge in [0.25, 0.3) is 0 Å². The van der Waals surface area contributed by atoms with E-state index < -0.39 is 123 Å². The maximum absolute atomic E-state index is 12.7. The van der Waals surface area contributed by atoms with E-state index in [0.717, 1.165) is 29.8 Å². The fourth-order valence-corrected chi connectivity index (χ4v) is 21.6. The number of benzene rings is 6. The van der Waals surface area contributed by atoms with Gasteiger partial charge in [-0.25, -0.2) is 54.9 Å². The van der Waals surface area contributed by atoms with Crippen molar-refractivity contribution in [3.8, 4) is 11.5 Å². The number of halogens is 1. The Kier molecular flexibility index (Phi) is 28.2. The molecular weight excluding hydrogens is 1580 g/mol. The number of hydrogen-bond donors (Lipinski definition) is 18. The summed E-state index contributed by atoms with van der Waals surface area (Å²) in [5, 5.41) is -0.833. The average molecular weight is 1700 g/mol. The smallest absolute Gasteiger partial charge is 0.497 e. The maximum atomic E-state index is 12.7. The molecule has 0 aliphatic heterocycles. The highest BCUT2D eigenvalue weighted by atomic mass is 32.2. The molecule has 0 radical (unpaired) electrons. The number of sulfone groups is 6. The second-order valence-electron chi connectivity index (χ2n) is 21.6. The molecule has 0 aromatic heterocycles. The first kappa shape index (κ1) is 67.7. The van der Waals surface area contributed by atoms with Gasteiger partial charge in [-0.3, -0.25) is 0 Å². The van der Waals surface area contributed by atoms with Crippen LogP contribution in [-0.4, -0.2) is 271 Å². The van der Waals surface area contributed by atoms with E-state index in [0.29, 0.717) is 11.5 Å². The topological polar surface area (TPSA) is 597 Å². The van der Waals surface area contributed by atoms with Crippen LogP contribution in [0.1, 0.15) is 37.7 Å². The van der Waals surface area contributed by atoms with Crippen molar-refractivity contribution in [3.63, 3.8) is 0 Å². The third-order valence-corrected chi connectivity index (χ3v) is 30.4. The molecule has 46 heteroatoms. The summed E-state index contributed by atoms with van der Waals surface area (Å²) in [5.74, 6) is -0.701. The van der Waals surface area contributed by atoms with Gasteiger partial charge in [0.05, 0.1) is 65.2 Å². The molecule has 102 heavy (non-hydrogen) atoms. The summed E-state index contributed by atoms with van der Waals surface area (Å²) in [4.78, 5) is 74.6. The van der Waals surface area contributed by atoms with Crippen molar-refractivity contribution in [1.29, 1.82) is 25.8 Å². The van der Waals surface area contributed by atoms with E-state index >= 15 is 0 Å². The normalized spacial score (nSPS) is 14.9. The minimum Gasteiger partial charge on any atom is -0.497 e. The predicted molar refractivity (Wildman–Crippen MR) is 376 cm³/mol. The lowest BCUT2D eigenvalue weighted by Gasteiger charge is -2.10. The molecular formula is C56H87FO33S6Si6. The SMILES string of the molecule is [3H]O[Si](CCCS(=O)(=O)c1ccc(C)cc1)(O[3H])O[3H].[3H]O[Si](CCCS(=O)(=O)c1ccc(F)cc1)(O[3H])O[3H].[3H]O[Si](CCCS(=O)(=O)c1ccc(OC)cc1)(O[3H])O[3H].[3H]O[Si](CCCS(=O)(=O)c1ccc(OCOC)cc1)(O[3H])O[3H].[3H]O[Si](CCCS(=O)(=O)c1ccccc1)(O[3H])O[3H].[3H]O[Si](CS(=O)(=O)c1ccccc1)(O[3H])O[3H]. The second kappa shape index (κ2) is 42.4. The van der Waals surface area contributed by atoms with Crippen LogP contribution in [-0.2, 0) is 63.8 Å². The number of hydrogen-bond acceptors (Lipinski definition) is 33. The van der Waals surface area contributed by atoms with Crippen LogP contribution in [0.15, 0.2) is 187 Å². The molecule has 576 valence electrons. The molecule has 6 rings (SSSR count). The van der Waals surface area contributed by atoms with Crippen molar-refractivity contribution in [1.82, 2.24) is 0 Å². The van der Waals surface area contributed by atoms with Crippen molar-refractivity contribution < 1.29 is 155 Å². The van der Waals surface area contributed by atoms with E-state index in [1.165, 1.54) is 99.1 Å². The van der Waals surface area contributed by atoms with Gasteiger partial charge in [0.15, 0.2) is 91.6 Å². The van der Waals surface area contributed by atoms with Gasteiger partial charge in [0.1, 0.15) is 22.7 Å². The Balaban J connectivity index is 0.000000721. The minimum atomic E-state index is -4.12. The highest BCUT2D eigenvalue weighted by Gasteiger charge is 2.36. The van der Waals surface area contributed by atoms with Crippen molar-refractivity contribution in [2.75, 3.05) is 55.2 Å². The van der Waals surface area contributed by atoms with Gasteiger partial charge < -0.3 is 101 Å². The van der Waals surface area contributed by atoms with Gasteiger partial charge in [-0.2, -0.15) is 0 Å². The average Bonchev–Trinajstić information content (AvgIpc) is 0.805. The number of ether oxygens (including phenoxy) is 3. The number of aryl methyl sites for hydroxylation is 1.